The van der Waals surface area contributed by atoms with Gasteiger partial charge in [-0.1, -0.05) is 19.7 Å². The Kier molecular flexibility index (Phi) is 18.2. The summed E-state index contributed by atoms with van der Waals surface area (Å²) >= 11 is 0. The highest BCUT2D eigenvalue weighted by molar-refractivity contribution is 5.87. The van der Waals surface area contributed by atoms with E-state index >= 15 is 0 Å². The van der Waals surface area contributed by atoms with Crippen molar-refractivity contribution in [1.29, 1.82) is 0 Å². The largest absolute Gasteiger partial charge is 0.460 e. The lowest BCUT2D eigenvalue weighted by Gasteiger charge is -2.33. The zero-order chi connectivity index (χ0) is 27.4. The number of carbonyl (C=O) groups excluding carboxylic acids is 3. The van der Waals surface area contributed by atoms with Crippen LogP contribution in [0.2, 0.25) is 0 Å². The zero-order valence-electron chi connectivity index (χ0n) is 21.6. The van der Waals surface area contributed by atoms with Gasteiger partial charge in [-0.2, -0.15) is 0 Å². The predicted octanol–water partition coefficient (Wildman–Crippen LogP) is 1.39. The van der Waals surface area contributed by atoms with Crippen LogP contribution in [-0.2, 0) is 47.5 Å². The summed E-state index contributed by atoms with van der Waals surface area (Å²) in [5, 5.41) is 9.11. The average molecular weight is 517 g/mol. The van der Waals surface area contributed by atoms with E-state index < -0.39 is 23.3 Å². The second-order valence-corrected chi connectivity index (χ2v) is 8.18. The van der Waals surface area contributed by atoms with Crippen LogP contribution in [0.15, 0.2) is 36.5 Å². The molecule has 0 radical (unpaired) electrons. The molecule has 11 heteroatoms. The van der Waals surface area contributed by atoms with Crippen LogP contribution in [-0.4, -0.2) is 102 Å². The normalized spacial score (nSPS) is 11.0. The number of aliphatic hydroxyl groups excluding tert-OH is 1. The molecule has 0 spiro atoms. The maximum atomic E-state index is 11.5. The molecule has 0 aromatic heterocycles. The summed E-state index contributed by atoms with van der Waals surface area (Å²) in [5.41, 5.74) is 0.0132. The molecule has 0 rings (SSSR count). The molecule has 0 heterocycles. The van der Waals surface area contributed by atoms with Gasteiger partial charge in [-0.3, -0.25) is 0 Å². The third-order valence-corrected chi connectivity index (χ3v) is 4.30. The molecular formula is C25H40O11. The number of hydrogen-bond acceptors (Lipinski definition) is 11. The van der Waals surface area contributed by atoms with Gasteiger partial charge in [0, 0.05) is 16.7 Å². The molecule has 0 saturated carbocycles. The Bertz CT molecular complexity index is 641. The van der Waals surface area contributed by atoms with Gasteiger partial charge in [-0.25, -0.2) is 14.4 Å². The average Bonchev–Trinajstić information content (AvgIpc) is 2.82. The van der Waals surface area contributed by atoms with Crippen molar-refractivity contribution in [2.75, 3.05) is 79.3 Å². The van der Waals surface area contributed by atoms with Crippen molar-refractivity contribution in [3.8, 4) is 0 Å². The molecule has 0 aromatic rings. The van der Waals surface area contributed by atoms with Crippen molar-refractivity contribution in [3.05, 3.63) is 36.5 Å². The third-order valence-electron chi connectivity index (χ3n) is 4.30. The Morgan fingerprint density at radius 1 is 0.556 bits per heavy atom. The molecule has 11 nitrogen and oxygen atoms in total. The standard InChI is InChI=1S/C25H40O11/c1-19(2)22(27)34-12-9-31-16-25(15-30-8-7-26,17-32-10-13-35-23(28)20(3)4)18-33-11-14-36-24(29)21(5)6/h26H,1,3,5,7-18H2,2,4,6H3. The maximum absolute atomic E-state index is 11.5. The second-order valence-electron chi connectivity index (χ2n) is 8.18. The van der Waals surface area contributed by atoms with Crippen molar-refractivity contribution >= 4 is 17.9 Å². The first-order valence-corrected chi connectivity index (χ1v) is 11.4. The molecule has 206 valence electrons. The predicted molar refractivity (Wildman–Crippen MR) is 130 cm³/mol. The van der Waals surface area contributed by atoms with Crippen molar-refractivity contribution in [3.63, 3.8) is 0 Å². The number of esters is 3. The van der Waals surface area contributed by atoms with Crippen LogP contribution in [0, 0.1) is 5.41 Å². The molecule has 0 aromatic carbocycles. The van der Waals surface area contributed by atoms with Crippen molar-refractivity contribution in [2.45, 2.75) is 20.8 Å². The Balaban J connectivity index is 5.01. The van der Waals surface area contributed by atoms with Crippen molar-refractivity contribution in [2.24, 2.45) is 5.41 Å². The maximum Gasteiger partial charge on any atom is 0.333 e. The fourth-order valence-corrected chi connectivity index (χ4v) is 2.42. The quantitative estimate of drug-likeness (QED) is 0.0967. The van der Waals surface area contributed by atoms with E-state index in [1.54, 1.807) is 20.8 Å². The van der Waals surface area contributed by atoms with Crippen LogP contribution in [0.5, 0.6) is 0 Å². The van der Waals surface area contributed by atoms with Crippen LogP contribution >= 0.6 is 0 Å². The minimum absolute atomic E-state index is 0.0225. The van der Waals surface area contributed by atoms with E-state index in [1.807, 2.05) is 0 Å². The summed E-state index contributed by atoms with van der Waals surface area (Å²) in [6.07, 6.45) is 0. The molecule has 0 aliphatic carbocycles. The Morgan fingerprint density at radius 3 is 1.08 bits per heavy atom. The summed E-state index contributed by atoms with van der Waals surface area (Å²) in [6, 6.07) is 0. The summed E-state index contributed by atoms with van der Waals surface area (Å²) < 4.78 is 37.8. The molecule has 1 N–H and O–H groups in total. The molecule has 0 unspecified atom stereocenters. The summed E-state index contributed by atoms with van der Waals surface area (Å²) in [4.78, 5) is 34.6. The fourth-order valence-electron chi connectivity index (χ4n) is 2.42. The first-order chi connectivity index (χ1) is 17.0. The summed E-state index contributed by atoms with van der Waals surface area (Å²) in [5.74, 6) is -1.55. The van der Waals surface area contributed by atoms with E-state index in [4.69, 9.17) is 38.3 Å². The highest BCUT2D eigenvalue weighted by atomic mass is 16.6. The van der Waals surface area contributed by atoms with Gasteiger partial charge >= 0.3 is 17.9 Å². The smallest absolute Gasteiger partial charge is 0.333 e. The van der Waals surface area contributed by atoms with E-state index in [1.165, 1.54) is 0 Å². The molecule has 0 bridgehead atoms. The number of rotatable bonds is 22. The van der Waals surface area contributed by atoms with Gasteiger partial charge in [-0.05, 0) is 20.8 Å². The number of ether oxygens (including phenoxy) is 7. The minimum atomic E-state index is -0.829. The van der Waals surface area contributed by atoms with Gasteiger partial charge in [-0.15, -0.1) is 0 Å². The Morgan fingerprint density at radius 2 is 0.833 bits per heavy atom. The molecule has 0 fully saturated rings. The van der Waals surface area contributed by atoms with Crippen LogP contribution in [0.4, 0.5) is 0 Å². The first-order valence-electron chi connectivity index (χ1n) is 11.4. The van der Waals surface area contributed by atoms with Crippen LogP contribution < -0.4 is 0 Å². The van der Waals surface area contributed by atoms with Crippen LogP contribution in [0.3, 0.4) is 0 Å². The second kappa shape index (κ2) is 19.6. The van der Waals surface area contributed by atoms with Gasteiger partial charge in [0.1, 0.15) is 19.8 Å². The molecule has 0 atom stereocenters. The molecular weight excluding hydrogens is 476 g/mol. The highest BCUT2D eigenvalue weighted by Gasteiger charge is 2.32. The van der Waals surface area contributed by atoms with Gasteiger partial charge in [0.25, 0.3) is 0 Å². The molecule has 0 aliphatic heterocycles. The fraction of sp³-hybridized carbons (Fsp3) is 0.640. The summed E-state index contributed by atoms with van der Waals surface area (Å²) in [6.45, 7) is 15.9. The third kappa shape index (κ3) is 16.2. The Labute approximate surface area is 213 Å². The SMILES string of the molecule is C=C(C)C(=O)OCCOCC(COCCO)(COCCOC(=O)C(=C)C)COCCOC(=O)C(=C)C. The topological polar surface area (TPSA) is 136 Å². The van der Waals surface area contributed by atoms with Crippen molar-refractivity contribution < 1.29 is 52.6 Å². The Hall–Kier alpha value is -2.57. The van der Waals surface area contributed by atoms with E-state index in [0.29, 0.717) is 0 Å². The number of hydrogen-bond donors (Lipinski definition) is 1. The lowest BCUT2D eigenvalue weighted by atomic mass is 9.92. The van der Waals surface area contributed by atoms with Gasteiger partial charge in [0.2, 0.25) is 0 Å². The van der Waals surface area contributed by atoms with E-state index in [0.717, 1.165) is 0 Å². The minimum Gasteiger partial charge on any atom is -0.460 e. The zero-order valence-corrected chi connectivity index (χ0v) is 21.6. The van der Waals surface area contributed by atoms with Crippen LogP contribution in [0.1, 0.15) is 20.8 Å². The monoisotopic (exact) mass is 516 g/mol. The van der Waals surface area contributed by atoms with E-state index in [9.17, 15) is 14.4 Å². The molecule has 36 heavy (non-hydrogen) atoms. The van der Waals surface area contributed by atoms with Gasteiger partial charge in [0.15, 0.2) is 0 Å². The van der Waals surface area contributed by atoms with Crippen LogP contribution in [0.25, 0.3) is 0 Å². The van der Waals surface area contributed by atoms with E-state index in [-0.39, 0.29) is 96.0 Å². The summed E-state index contributed by atoms with van der Waals surface area (Å²) in [7, 11) is 0. The lowest BCUT2D eigenvalue weighted by Crippen LogP contribution is -2.43. The molecule has 0 amide bonds. The van der Waals surface area contributed by atoms with Gasteiger partial charge in [0.05, 0.1) is 64.9 Å². The van der Waals surface area contributed by atoms with E-state index in [2.05, 4.69) is 19.7 Å². The number of aliphatic hydroxyl groups is 1. The molecule has 0 aliphatic rings. The highest BCUT2D eigenvalue weighted by Crippen LogP contribution is 2.21. The van der Waals surface area contributed by atoms with Gasteiger partial charge < -0.3 is 38.3 Å². The first kappa shape index (κ1) is 33.4. The van der Waals surface area contributed by atoms with Crippen molar-refractivity contribution in [1.82, 2.24) is 0 Å². The lowest BCUT2D eigenvalue weighted by molar-refractivity contribution is -0.146. The molecule has 0 saturated heterocycles. The number of carbonyl (C=O) groups is 3.